The summed E-state index contributed by atoms with van der Waals surface area (Å²) in [7, 11) is 1.66. The summed E-state index contributed by atoms with van der Waals surface area (Å²) in [4.78, 5) is 27.0. The molecule has 2 aromatic rings. The number of hydrogen-bond donors (Lipinski definition) is 0. The molecule has 0 saturated carbocycles. The van der Waals surface area contributed by atoms with Gasteiger partial charge in [0.2, 0.25) is 5.91 Å². The highest BCUT2D eigenvalue weighted by molar-refractivity contribution is 5.82. The quantitative estimate of drug-likeness (QED) is 0.867. The van der Waals surface area contributed by atoms with Crippen LogP contribution in [0.1, 0.15) is 19.3 Å². The van der Waals surface area contributed by atoms with Crippen molar-refractivity contribution in [3.05, 3.63) is 46.9 Å². The van der Waals surface area contributed by atoms with Crippen molar-refractivity contribution >= 4 is 16.7 Å². The Bertz CT molecular complexity index is 751. The van der Waals surface area contributed by atoms with Gasteiger partial charge in [-0.3, -0.25) is 9.59 Å². The first-order valence-electron chi connectivity index (χ1n) is 8.07. The zero-order valence-electron chi connectivity index (χ0n) is 13.4. The van der Waals surface area contributed by atoms with Gasteiger partial charge in [-0.25, -0.2) is 0 Å². The number of amides is 1. The molecule has 0 unspecified atom stereocenters. The summed E-state index contributed by atoms with van der Waals surface area (Å²) in [5.41, 5.74) is -0.114. The van der Waals surface area contributed by atoms with Crippen molar-refractivity contribution in [3.8, 4) is 0 Å². The minimum atomic E-state index is -0.114. The minimum Gasteiger partial charge on any atom is -0.383 e. The van der Waals surface area contributed by atoms with E-state index in [0.29, 0.717) is 12.0 Å². The number of likely N-dealkylation sites (tertiary alicyclic amines) is 1. The van der Waals surface area contributed by atoms with Crippen LogP contribution in [0, 0.1) is 0 Å². The first kappa shape index (κ1) is 15.7. The highest BCUT2D eigenvalue weighted by atomic mass is 16.5. The van der Waals surface area contributed by atoms with Crippen LogP contribution in [-0.4, -0.2) is 41.7 Å². The van der Waals surface area contributed by atoms with E-state index >= 15 is 0 Å². The first-order chi connectivity index (χ1) is 11.2. The van der Waals surface area contributed by atoms with Gasteiger partial charge >= 0.3 is 0 Å². The normalized spacial score (nSPS) is 18.3. The van der Waals surface area contributed by atoms with E-state index in [1.165, 1.54) is 4.57 Å². The summed E-state index contributed by atoms with van der Waals surface area (Å²) in [5.74, 6) is -0.0101. The standard InChI is InChI=1S/C18H22N2O3/c1-23-13-15-7-4-5-10-20(15)17(21)12-19-11-9-14-6-2-3-8-16(14)18(19)22/h2-3,6,8-9,11,15H,4-5,7,10,12-13H2,1H3/t15-/m0/s1. The number of fused-ring (bicyclic) bond motifs is 1. The highest BCUT2D eigenvalue weighted by Gasteiger charge is 2.26. The average molecular weight is 314 g/mol. The van der Waals surface area contributed by atoms with Gasteiger partial charge < -0.3 is 14.2 Å². The Balaban J connectivity index is 1.82. The molecule has 1 atom stereocenters. The Labute approximate surface area is 135 Å². The molecule has 1 aromatic carbocycles. The largest absolute Gasteiger partial charge is 0.383 e. The molecule has 5 nitrogen and oxygen atoms in total. The van der Waals surface area contributed by atoms with E-state index in [1.807, 2.05) is 29.2 Å². The van der Waals surface area contributed by atoms with Gasteiger partial charge in [-0.2, -0.15) is 0 Å². The van der Waals surface area contributed by atoms with Crippen molar-refractivity contribution in [1.82, 2.24) is 9.47 Å². The number of carbonyl (C=O) groups excluding carboxylic acids is 1. The van der Waals surface area contributed by atoms with Crippen LogP contribution in [0.5, 0.6) is 0 Å². The third-order valence-electron chi connectivity index (χ3n) is 4.50. The molecule has 0 N–H and O–H groups in total. The molecule has 0 spiro atoms. The van der Waals surface area contributed by atoms with Crippen LogP contribution in [0.25, 0.3) is 10.8 Å². The van der Waals surface area contributed by atoms with Gasteiger partial charge in [-0.05, 0) is 36.8 Å². The number of hydrogen-bond acceptors (Lipinski definition) is 3. The van der Waals surface area contributed by atoms with Crippen molar-refractivity contribution in [1.29, 1.82) is 0 Å². The molecule has 1 aromatic heterocycles. The molecule has 1 fully saturated rings. The second kappa shape index (κ2) is 6.96. The lowest BCUT2D eigenvalue weighted by molar-refractivity contribution is -0.136. The Morgan fingerprint density at radius 3 is 2.91 bits per heavy atom. The van der Waals surface area contributed by atoms with Crippen LogP contribution in [-0.2, 0) is 16.1 Å². The van der Waals surface area contributed by atoms with E-state index in [4.69, 9.17) is 4.74 Å². The van der Waals surface area contributed by atoms with Gasteiger partial charge in [0.05, 0.1) is 12.6 Å². The van der Waals surface area contributed by atoms with Gasteiger partial charge in [0.15, 0.2) is 0 Å². The molecule has 122 valence electrons. The molecule has 0 aliphatic carbocycles. The van der Waals surface area contributed by atoms with Crippen molar-refractivity contribution in [2.45, 2.75) is 31.8 Å². The van der Waals surface area contributed by atoms with Crippen LogP contribution >= 0.6 is 0 Å². The van der Waals surface area contributed by atoms with Gasteiger partial charge in [0, 0.05) is 25.2 Å². The summed E-state index contributed by atoms with van der Waals surface area (Å²) in [6.45, 7) is 1.39. The van der Waals surface area contributed by atoms with Crippen LogP contribution in [0.4, 0.5) is 0 Å². The van der Waals surface area contributed by atoms with Gasteiger partial charge in [-0.15, -0.1) is 0 Å². The Hall–Kier alpha value is -2.14. The molecule has 0 bridgehead atoms. The molecular formula is C18H22N2O3. The number of ether oxygens (including phenoxy) is 1. The highest BCUT2D eigenvalue weighted by Crippen LogP contribution is 2.18. The Morgan fingerprint density at radius 2 is 2.09 bits per heavy atom. The van der Waals surface area contributed by atoms with Crippen LogP contribution < -0.4 is 5.56 Å². The zero-order chi connectivity index (χ0) is 16.2. The maximum atomic E-state index is 12.7. The molecule has 1 aliphatic rings. The number of piperidine rings is 1. The Kier molecular flexibility index (Phi) is 4.76. The maximum absolute atomic E-state index is 12.7. The summed E-state index contributed by atoms with van der Waals surface area (Å²) >= 11 is 0. The average Bonchev–Trinajstić information content (AvgIpc) is 2.58. The predicted octanol–water partition coefficient (Wildman–Crippen LogP) is 2.03. The zero-order valence-corrected chi connectivity index (χ0v) is 13.4. The van der Waals surface area contributed by atoms with Crippen LogP contribution in [0.2, 0.25) is 0 Å². The monoisotopic (exact) mass is 314 g/mol. The van der Waals surface area contributed by atoms with E-state index in [-0.39, 0.29) is 24.1 Å². The maximum Gasteiger partial charge on any atom is 0.258 e. The lowest BCUT2D eigenvalue weighted by Crippen LogP contribution is -2.47. The lowest BCUT2D eigenvalue weighted by atomic mass is 10.0. The molecule has 0 radical (unpaired) electrons. The number of rotatable bonds is 4. The number of carbonyl (C=O) groups is 1. The second-order valence-electron chi connectivity index (χ2n) is 6.03. The SMILES string of the molecule is COC[C@@H]1CCCCN1C(=O)Cn1ccc2ccccc2c1=O. The topological polar surface area (TPSA) is 51.5 Å². The fourth-order valence-electron chi connectivity index (χ4n) is 3.29. The molecule has 1 saturated heterocycles. The molecule has 1 aliphatic heterocycles. The van der Waals surface area contributed by atoms with E-state index in [1.54, 1.807) is 19.4 Å². The van der Waals surface area contributed by atoms with Crippen molar-refractivity contribution in [2.24, 2.45) is 0 Å². The number of benzene rings is 1. The Morgan fingerprint density at radius 1 is 1.26 bits per heavy atom. The molecule has 5 heteroatoms. The molecule has 1 amide bonds. The fourth-order valence-corrected chi connectivity index (χ4v) is 3.29. The van der Waals surface area contributed by atoms with Crippen LogP contribution in [0.15, 0.2) is 41.3 Å². The number of nitrogens with zero attached hydrogens (tertiary/aromatic N) is 2. The third kappa shape index (κ3) is 3.29. The second-order valence-corrected chi connectivity index (χ2v) is 6.03. The van der Waals surface area contributed by atoms with Gasteiger partial charge in [-0.1, -0.05) is 18.2 Å². The number of pyridine rings is 1. The van der Waals surface area contributed by atoms with Crippen molar-refractivity contribution in [3.63, 3.8) is 0 Å². The molecular weight excluding hydrogens is 292 g/mol. The van der Waals surface area contributed by atoms with Gasteiger partial charge in [0.25, 0.3) is 5.56 Å². The summed E-state index contributed by atoms with van der Waals surface area (Å²) < 4.78 is 6.73. The lowest BCUT2D eigenvalue weighted by Gasteiger charge is -2.35. The van der Waals surface area contributed by atoms with E-state index in [0.717, 1.165) is 31.2 Å². The molecule has 3 rings (SSSR count). The molecule has 2 heterocycles. The van der Waals surface area contributed by atoms with Crippen molar-refractivity contribution < 1.29 is 9.53 Å². The van der Waals surface area contributed by atoms with E-state index in [2.05, 4.69) is 0 Å². The van der Waals surface area contributed by atoms with E-state index in [9.17, 15) is 9.59 Å². The fraction of sp³-hybridized carbons (Fsp3) is 0.444. The first-order valence-corrected chi connectivity index (χ1v) is 8.07. The summed E-state index contributed by atoms with van der Waals surface area (Å²) in [5, 5.41) is 1.55. The smallest absolute Gasteiger partial charge is 0.258 e. The predicted molar refractivity (Wildman–Crippen MR) is 89.4 cm³/mol. The van der Waals surface area contributed by atoms with Gasteiger partial charge in [0.1, 0.15) is 6.54 Å². The number of methoxy groups -OCH3 is 1. The van der Waals surface area contributed by atoms with Crippen molar-refractivity contribution in [2.75, 3.05) is 20.3 Å². The summed E-state index contributed by atoms with van der Waals surface area (Å²) in [6, 6.07) is 9.45. The number of aromatic nitrogens is 1. The third-order valence-corrected chi connectivity index (χ3v) is 4.50. The van der Waals surface area contributed by atoms with Crippen LogP contribution in [0.3, 0.4) is 0 Å². The molecule has 23 heavy (non-hydrogen) atoms. The summed E-state index contributed by atoms with van der Waals surface area (Å²) in [6.07, 6.45) is 4.80. The minimum absolute atomic E-state index is 0.0101. The van der Waals surface area contributed by atoms with E-state index < -0.39 is 0 Å².